The van der Waals surface area contributed by atoms with Crippen LogP contribution in [0.1, 0.15) is 60.7 Å². The fourth-order valence-electron chi connectivity index (χ4n) is 2.47. The van der Waals surface area contributed by atoms with E-state index in [1.165, 1.54) is 25.1 Å². The van der Waals surface area contributed by atoms with Crippen molar-refractivity contribution in [3.63, 3.8) is 0 Å². The van der Waals surface area contributed by atoms with Gasteiger partial charge in [-0.1, -0.05) is 19.1 Å². The molecular formula is C18H24O7. The predicted molar refractivity (Wildman–Crippen MR) is 89.4 cm³/mol. The maximum Gasteiger partial charge on any atom is 0.339 e. The van der Waals surface area contributed by atoms with Crippen LogP contribution in [0.3, 0.4) is 0 Å². The Kier molecular flexibility index (Phi) is 8.07. The lowest BCUT2D eigenvalue weighted by Gasteiger charge is -2.22. The lowest BCUT2D eigenvalue weighted by molar-refractivity contribution is -0.146. The third-order valence-corrected chi connectivity index (χ3v) is 3.61. The van der Waals surface area contributed by atoms with Crippen LogP contribution in [0.2, 0.25) is 0 Å². The van der Waals surface area contributed by atoms with Crippen LogP contribution in [0.15, 0.2) is 24.3 Å². The number of aliphatic hydroxyl groups is 1. The van der Waals surface area contributed by atoms with Gasteiger partial charge in [-0.3, -0.25) is 4.79 Å². The number of aromatic carboxylic acids is 1. The first kappa shape index (κ1) is 20.6. The van der Waals surface area contributed by atoms with E-state index in [4.69, 9.17) is 14.6 Å². The number of aliphatic hydroxyl groups excluding tert-OH is 1. The molecule has 0 bridgehead atoms. The summed E-state index contributed by atoms with van der Waals surface area (Å²) in [6, 6.07) is 5.80. The second kappa shape index (κ2) is 9.78. The van der Waals surface area contributed by atoms with Gasteiger partial charge in [0, 0.05) is 19.8 Å². The van der Waals surface area contributed by atoms with Crippen LogP contribution >= 0.6 is 0 Å². The highest BCUT2D eigenvalue weighted by molar-refractivity contribution is 6.02. The number of ether oxygens (including phenoxy) is 2. The largest absolute Gasteiger partial charge is 0.478 e. The number of carboxylic acid groups (broad SMARTS) is 1. The molecule has 0 heterocycles. The summed E-state index contributed by atoms with van der Waals surface area (Å²) >= 11 is 0. The molecule has 0 radical (unpaired) electrons. The number of carboxylic acids is 1. The van der Waals surface area contributed by atoms with E-state index in [0.717, 1.165) is 0 Å². The molecule has 0 aliphatic carbocycles. The highest BCUT2D eigenvalue weighted by atomic mass is 16.5. The molecule has 0 saturated carbocycles. The number of carbonyl (C=O) groups is 3. The molecule has 0 fully saturated rings. The number of benzene rings is 1. The van der Waals surface area contributed by atoms with Gasteiger partial charge in [0.25, 0.3) is 0 Å². The summed E-state index contributed by atoms with van der Waals surface area (Å²) in [4.78, 5) is 34.3. The molecule has 2 N–H and O–H groups in total. The first-order valence-electron chi connectivity index (χ1n) is 8.13. The number of hydrogen-bond donors (Lipinski definition) is 2. The number of esters is 2. The highest BCUT2D eigenvalue weighted by Crippen LogP contribution is 2.17. The summed E-state index contributed by atoms with van der Waals surface area (Å²) < 4.78 is 10.3. The first-order valence-corrected chi connectivity index (χ1v) is 8.13. The van der Waals surface area contributed by atoms with Crippen LogP contribution in [0, 0.1) is 0 Å². The van der Waals surface area contributed by atoms with Gasteiger partial charge in [0.1, 0.15) is 12.2 Å². The Morgan fingerprint density at radius 2 is 1.68 bits per heavy atom. The third kappa shape index (κ3) is 6.93. The molecule has 0 amide bonds. The minimum atomic E-state index is -1.21. The second-order valence-corrected chi connectivity index (χ2v) is 5.83. The van der Waals surface area contributed by atoms with Gasteiger partial charge in [-0.2, -0.15) is 0 Å². The smallest absolute Gasteiger partial charge is 0.339 e. The number of hydrogen-bond acceptors (Lipinski definition) is 6. The van der Waals surface area contributed by atoms with Crippen LogP contribution in [0.25, 0.3) is 0 Å². The van der Waals surface area contributed by atoms with E-state index in [1.807, 2.05) is 0 Å². The Balaban J connectivity index is 2.68. The van der Waals surface area contributed by atoms with Crippen molar-refractivity contribution in [3.05, 3.63) is 35.4 Å². The van der Waals surface area contributed by atoms with E-state index in [2.05, 4.69) is 0 Å². The quantitative estimate of drug-likeness (QED) is 0.657. The molecule has 0 aliphatic heterocycles. The molecule has 0 aliphatic rings. The Hall–Kier alpha value is -2.41. The van der Waals surface area contributed by atoms with Gasteiger partial charge in [0.2, 0.25) is 0 Å². The molecule has 3 atom stereocenters. The van der Waals surface area contributed by atoms with Gasteiger partial charge >= 0.3 is 17.9 Å². The molecule has 7 heteroatoms. The molecule has 0 saturated heterocycles. The van der Waals surface area contributed by atoms with Gasteiger partial charge in [-0.15, -0.1) is 0 Å². The summed E-state index contributed by atoms with van der Waals surface area (Å²) in [6.07, 6.45) is -0.994. The minimum Gasteiger partial charge on any atom is -0.478 e. The van der Waals surface area contributed by atoms with Gasteiger partial charge in [0.05, 0.1) is 17.2 Å². The lowest BCUT2D eigenvalue weighted by Crippen LogP contribution is -2.27. The predicted octanol–water partition coefficient (Wildman–Crippen LogP) is 2.41. The van der Waals surface area contributed by atoms with Gasteiger partial charge in [0.15, 0.2) is 0 Å². The fourth-order valence-corrected chi connectivity index (χ4v) is 2.47. The first-order chi connectivity index (χ1) is 11.7. The molecule has 7 nitrogen and oxygen atoms in total. The van der Waals surface area contributed by atoms with Crippen LogP contribution in [0.4, 0.5) is 0 Å². The molecule has 1 aromatic carbocycles. The van der Waals surface area contributed by atoms with Crippen molar-refractivity contribution in [3.8, 4) is 0 Å². The van der Waals surface area contributed by atoms with E-state index in [-0.39, 0.29) is 24.0 Å². The summed E-state index contributed by atoms with van der Waals surface area (Å²) in [5.74, 6) is -2.38. The maximum absolute atomic E-state index is 12.3. The maximum atomic E-state index is 12.3. The summed E-state index contributed by atoms with van der Waals surface area (Å²) in [5, 5.41) is 19.2. The summed E-state index contributed by atoms with van der Waals surface area (Å²) in [7, 11) is 0. The molecule has 1 rings (SSSR count). The zero-order chi connectivity index (χ0) is 19.0. The number of rotatable bonds is 9. The second-order valence-electron chi connectivity index (χ2n) is 5.83. The average Bonchev–Trinajstić information content (AvgIpc) is 2.52. The highest BCUT2D eigenvalue weighted by Gasteiger charge is 2.23. The SMILES string of the molecule is CCC(CC(O)CC(C)OC(C)=O)OC(=O)c1ccccc1C(=O)O. The van der Waals surface area contributed by atoms with E-state index < -0.39 is 36.2 Å². The van der Waals surface area contributed by atoms with Crippen molar-refractivity contribution >= 4 is 17.9 Å². The van der Waals surface area contributed by atoms with Gasteiger partial charge in [-0.25, -0.2) is 9.59 Å². The lowest BCUT2D eigenvalue weighted by atomic mass is 10.0. The Bertz CT molecular complexity index is 611. The van der Waals surface area contributed by atoms with Gasteiger partial charge < -0.3 is 19.7 Å². The number of carbonyl (C=O) groups excluding carboxylic acids is 2. The van der Waals surface area contributed by atoms with Crippen molar-refractivity contribution in [2.75, 3.05) is 0 Å². The van der Waals surface area contributed by atoms with Crippen molar-refractivity contribution in [1.82, 2.24) is 0 Å². The van der Waals surface area contributed by atoms with E-state index >= 15 is 0 Å². The van der Waals surface area contributed by atoms with Crippen molar-refractivity contribution in [2.24, 2.45) is 0 Å². The van der Waals surface area contributed by atoms with E-state index in [0.29, 0.717) is 6.42 Å². The topological polar surface area (TPSA) is 110 Å². The molecule has 0 aromatic heterocycles. The average molecular weight is 352 g/mol. The summed E-state index contributed by atoms with van der Waals surface area (Å²) in [6.45, 7) is 4.75. The third-order valence-electron chi connectivity index (χ3n) is 3.61. The minimum absolute atomic E-state index is 0.0313. The van der Waals surface area contributed by atoms with E-state index in [1.54, 1.807) is 19.9 Å². The van der Waals surface area contributed by atoms with Crippen molar-refractivity contribution in [1.29, 1.82) is 0 Å². The fraction of sp³-hybridized carbons (Fsp3) is 0.500. The van der Waals surface area contributed by atoms with Gasteiger partial charge in [-0.05, 0) is 25.5 Å². The van der Waals surface area contributed by atoms with Crippen LogP contribution in [-0.2, 0) is 14.3 Å². The monoisotopic (exact) mass is 352 g/mol. The normalized spacial score (nSPS) is 14.2. The summed E-state index contributed by atoms with van der Waals surface area (Å²) in [5.41, 5.74) is -0.164. The molecule has 138 valence electrons. The van der Waals surface area contributed by atoms with Crippen molar-refractivity contribution in [2.45, 2.75) is 58.3 Å². The molecule has 1 aromatic rings. The Morgan fingerprint density at radius 1 is 1.08 bits per heavy atom. The Morgan fingerprint density at radius 3 is 2.20 bits per heavy atom. The van der Waals surface area contributed by atoms with Crippen LogP contribution in [-0.4, -0.2) is 46.4 Å². The standard InChI is InChI=1S/C18H24O7/c1-4-14(10-13(20)9-11(2)24-12(3)19)25-18(23)16-8-6-5-7-15(16)17(21)22/h5-8,11,13-14,20H,4,9-10H2,1-3H3,(H,21,22). The zero-order valence-corrected chi connectivity index (χ0v) is 14.6. The van der Waals surface area contributed by atoms with Crippen LogP contribution in [0.5, 0.6) is 0 Å². The molecular weight excluding hydrogens is 328 g/mol. The van der Waals surface area contributed by atoms with E-state index in [9.17, 15) is 19.5 Å². The Labute approximate surface area is 146 Å². The van der Waals surface area contributed by atoms with Crippen LogP contribution < -0.4 is 0 Å². The van der Waals surface area contributed by atoms with Crippen molar-refractivity contribution < 1.29 is 34.1 Å². The molecule has 0 spiro atoms. The molecule has 3 unspecified atom stereocenters. The molecule has 25 heavy (non-hydrogen) atoms. The zero-order valence-electron chi connectivity index (χ0n) is 14.6.